The summed E-state index contributed by atoms with van der Waals surface area (Å²) in [6.45, 7) is 8.41. The summed E-state index contributed by atoms with van der Waals surface area (Å²) in [6.07, 6.45) is 3.56. The molecule has 0 fully saturated rings. The van der Waals surface area contributed by atoms with E-state index in [1.54, 1.807) is 13.4 Å². The smallest absolute Gasteiger partial charge is 0.191 e. The van der Waals surface area contributed by atoms with Crippen LogP contribution in [0.5, 0.6) is 5.75 Å². The van der Waals surface area contributed by atoms with Crippen LogP contribution < -0.4 is 15.4 Å². The number of guanidine groups is 1. The molecule has 0 unspecified atom stereocenters. The maximum absolute atomic E-state index is 5.41. The molecule has 2 rings (SSSR count). The third-order valence-corrected chi connectivity index (χ3v) is 4.22. The molecule has 0 aliphatic heterocycles. The summed E-state index contributed by atoms with van der Waals surface area (Å²) in [6, 6.07) is 7.93. The normalized spacial score (nSPS) is 11.5. The first-order valence-corrected chi connectivity index (χ1v) is 9.87. The number of aryl methyl sites for hydroxylation is 1. The number of aromatic nitrogens is 3. The number of nitrogens with one attached hydrogen (secondary N) is 2. The fraction of sp³-hybridized carbons (Fsp3) is 0.550. The molecule has 0 saturated heterocycles. The molecule has 8 nitrogen and oxygen atoms in total. The van der Waals surface area contributed by atoms with Crippen LogP contribution >= 0.6 is 0 Å². The maximum atomic E-state index is 5.41. The lowest BCUT2D eigenvalue weighted by molar-refractivity contribution is 0.145. The fourth-order valence-corrected chi connectivity index (χ4v) is 2.73. The Labute approximate surface area is 167 Å². The average Bonchev–Trinajstić information content (AvgIpc) is 3.19. The van der Waals surface area contributed by atoms with E-state index in [0.29, 0.717) is 6.54 Å². The van der Waals surface area contributed by atoms with Crippen molar-refractivity contribution >= 4 is 5.96 Å². The molecule has 0 aliphatic carbocycles. The molecular formula is C20H32N6O2. The third kappa shape index (κ3) is 7.19. The molecule has 1 aromatic carbocycles. The molecule has 0 saturated carbocycles. The molecule has 0 radical (unpaired) electrons. The highest BCUT2D eigenvalue weighted by molar-refractivity contribution is 5.79. The summed E-state index contributed by atoms with van der Waals surface area (Å²) in [4.78, 5) is 4.71. The van der Waals surface area contributed by atoms with Crippen LogP contribution in [0.3, 0.4) is 0 Å². The number of aliphatic imine (C=N–C) groups is 1. The number of para-hydroxylation sites is 1. The second-order valence-electron chi connectivity index (χ2n) is 6.17. The van der Waals surface area contributed by atoms with Gasteiger partial charge in [-0.25, -0.2) is 4.99 Å². The largest absolute Gasteiger partial charge is 0.496 e. The van der Waals surface area contributed by atoms with Crippen LogP contribution in [-0.4, -0.2) is 54.1 Å². The molecule has 0 bridgehead atoms. The van der Waals surface area contributed by atoms with Gasteiger partial charge in [0, 0.05) is 44.8 Å². The lowest BCUT2D eigenvalue weighted by atomic mass is 10.2. The first kappa shape index (κ1) is 21.7. The summed E-state index contributed by atoms with van der Waals surface area (Å²) < 4.78 is 12.9. The Bertz CT molecular complexity index is 716. The summed E-state index contributed by atoms with van der Waals surface area (Å²) in [5, 5.41) is 14.9. The third-order valence-electron chi connectivity index (χ3n) is 4.22. The predicted molar refractivity (Wildman–Crippen MR) is 111 cm³/mol. The Kier molecular flexibility index (Phi) is 9.85. The quantitative estimate of drug-likeness (QED) is 0.329. The second-order valence-corrected chi connectivity index (χ2v) is 6.17. The van der Waals surface area contributed by atoms with Gasteiger partial charge in [0.25, 0.3) is 0 Å². The first-order chi connectivity index (χ1) is 13.8. The summed E-state index contributed by atoms with van der Waals surface area (Å²) in [7, 11) is 1.68. The Morgan fingerprint density at radius 1 is 1.18 bits per heavy atom. The molecule has 1 heterocycles. The monoisotopic (exact) mass is 388 g/mol. The van der Waals surface area contributed by atoms with Gasteiger partial charge in [-0.05, 0) is 19.4 Å². The number of benzene rings is 1. The van der Waals surface area contributed by atoms with Crippen molar-refractivity contribution in [1.29, 1.82) is 0 Å². The molecule has 1 aromatic heterocycles. The molecule has 0 atom stereocenters. The number of nitrogens with zero attached hydrogens (tertiary/aromatic N) is 4. The molecule has 2 N–H and O–H groups in total. The zero-order valence-electron chi connectivity index (χ0n) is 17.1. The van der Waals surface area contributed by atoms with E-state index < -0.39 is 0 Å². The Morgan fingerprint density at radius 3 is 2.79 bits per heavy atom. The van der Waals surface area contributed by atoms with Crippen molar-refractivity contribution < 1.29 is 9.47 Å². The van der Waals surface area contributed by atoms with Crippen LogP contribution in [0.1, 0.15) is 31.7 Å². The molecule has 0 aliphatic rings. The van der Waals surface area contributed by atoms with E-state index in [4.69, 9.17) is 14.5 Å². The number of hydrogen-bond donors (Lipinski definition) is 2. The Morgan fingerprint density at radius 2 is 2.00 bits per heavy atom. The highest BCUT2D eigenvalue weighted by Crippen LogP contribution is 2.17. The zero-order valence-corrected chi connectivity index (χ0v) is 17.1. The van der Waals surface area contributed by atoms with Crippen molar-refractivity contribution in [2.45, 2.75) is 39.8 Å². The van der Waals surface area contributed by atoms with Crippen LogP contribution in [0.2, 0.25) is 0 Å². The van der Waals surface area contributed by atoms with Gasteiger partial charge < -0.3 is 24.7 Å². The van der Waals surface area contributed by atoms with E-state index in [1.807, 2.05) is 31.2 Å². The molecule has 154 valence electrons. The SMILES string of the molecule is CCOCCCNC(=NCc1ccccc1OC)NCCn1cnnc1CC. The minimum atomic E-state index is 0.539. The van der Waals surface area contributed by atoms with Gasteiger partial charge in [0.15, 0.2) is 5.96 Å². The Hall–Kier alpha value is -2.61. The van der Waals surface area contributed by atoms with Crippen molar-refractivity contribution in [3.8, 4) is 5.75 Å². The van der Waals surface area contributed by atoms with Gasteiger partial charge in [0.05, 0.1) is 13.7 Å². The van der Waals surface area contributed by atoms with Gasteiger partial charge in [-0.2, -0.15) is 0 Å². The van der Waals surface area contributed by atoms with Crippen molar-refractivity contribution in [2.75, 3.05) is 33.4 Å². The van der Waals surface area contributed by atoms with Gasteiger partial charge in [0.2, 0.25) is 0 Å². The molecule has 2 aromatic rings. The van der Waals surface area contributed by atoms with Crippen LogP contribution in [0.25, 0.3) is 0 Å². The number of ether oxygens (including phenoxy) is 2. The van der Waals surface area contributed by atoms with Crippen molar-refractivity contribution in [3.05, 3.63) is 42.0 Å². The number of hydrogen-bond acceptors (Lipinski definition) is 5. The van der Waals surface area contributed by atoms with E-state index >= 15 is 0 Å². The van der Waals surface area contributed by atoms with Gasteiger partial charge in [0.1, 0.15) is 17.9 Å². The molecule has 0 amide bonds. The average molecular weight is 389 g/mol. The minimum Gasteiger partial charge on any atom is -0.496 e. The van der Waals surface area contributed by atoms with E-state index in [0.717, 1.165) is 68.8 Å². The Balaban J connectivity index is 1.93. The first-order valence-electron chi connectivity index (χ1n) is 9.87. The highest BCUT2D eigenvalue weighted by atomic mass is 16.5. The minimum absolute atomic E-state index is 0.539. The van der Waals surface area contributed by atoms with E-state index in [-0.39, 0.29) is 0 Å². The van der Waals surface area contributed by atoms with Gasteiger partial charge in [-0.1, -0.05) is 25.1 Å². The van der Waals surface area contributed by atoms with Crippen molar-refractivity contribution in [1.82, 2.24) is 25.4 Å². The molecular weight excluding hydrogens is 356 g/mol. The molecule has 28 heavy (non-hydrogen) atoms. The lowest BCUT2D eigenvalue weighted by Gasteiger charge is -2.14. The topological polar surface area (TPSA) is 85.6 Å². The van der Waals surface area contributed by atoms with Gasteiger partial charge in [-0.15, -0.1) is 10.2 Å². The lowest BCUT2D eigenvalue weighted by Crippen LogP contribution is -2.39. The van der Waals surface area contributed by atoms with Gasteiger partial charge >= 0.3 is 0 Å². The van der Waals surface area contributed by atoms with Crippen LogP contribution in [-0.2, 0) is 24.2 Å². The van der Waals surface area contributed by atoms with Gasteiger partial charge in [-0.3, -0.25) is 0 Å². The van der Waals surface area contributed by atoms with E-state index in [2.05, 4.69) is 32.3 Å². The zero-order chi connectivity index (χ0) is 20.0. The van der Waals surface area contributed by atoms with Crippen LogP contribution in [0.4, 0.5) is 0 Å². The summed E-state index contributed by atoms with van der Waals surface area (Å²) in [5.74, 6) is 2.60. The van der Waals surface area contributed by atoms with Crippen LogP contribution in [0, 0.1) is 0 Å². The maximum Gasteiger partial charge on any atom is 0.191 e. The standard InChI is InChI=1S/C20H32N6O2/c1-4-19-25-24-16-26(19)13-12-22-20(21-11-8-14-28-5-2)23-15-17-9-6-7-10-18(17)27-3/h6-7,9-10,16H,4-5,8,11-15H2,1-3H3,(H2,21,22,23). The van der Waals surface area contributed by atoms with Crippen molar-refractivity contribution in [2.24, 2.45) is 4.99 Å². The highest BCUT2D eigenvalue weighted by Gasteiger charge is 2.04. The summed E-state index contributed by atoms with van der Waals surface area (Å²) >= 11 is 0. The summed E-state index contributed by atoms with van der Waals surface area (Å²) in [5.41, 5.74) is 1.05. The molecule has 0 spiro atoms. The van der Waals surface area contributed by atoms with Crippen molar-refractivity contribution in [3.63, 3.8) is 0 Å². The fourth-order valence-electron chi connectivity index (χ4n) is 2.73. The van der Waals surface area contributed by atoms with E-state index in [1.165, 1.54) is 0 Å². The predicted octanol–water partition coefficient (Wildman–Crippen LogP) is 2.01. The van der Waals surface area contributed by atoms with Crippen LogP contribution in [0.15, 0.2) is 35.6 Å². The second kappa shape index (κ2) is 12.7. The number of rotatable bonds is 12. The number of methoxy groups -OCH3 is 1. The van der Waals surface area contributed by atoms with E-state index in [9.17, 15) is 0 Å². The molecule has 8 heteroatoms.